The molecule has 0 fully saturated rings. The van der Waals surface area contributed by atoms with Crippen molar-refractivity contribution in [1.29, 1.82) is 0 Å². The van der Waals surface area contributed by atoms with Crippen molar-refractivity contribution in [3.63, 3.8) is 0 Å². The quantitative estimate of drug-likeness (QED) is 0.570. The first-order valence-electron chi connectivity index (χ1n) is 8.43. The number of anilines is 2. The minimum atomic E-state index is -0.369. The van der Waals surface area contributed by atoms with E-state index in [4.69, 9.17) is 9.97 Å². The molecule has 0 aliphatic rings. The highest BCUT2D eigenvalue weighted by atomic mass is 16.6. The Morgan fingerprint density at radius 2 is 1.33 bits per heavy atom. The maximum absolute atomic E-state index is 11.2. The summed E-state index contributed by atoms with van der Waals surface area (Å²) in [5, 5.41) is 11.2. The number of hydrogen-bond donors (Lipinski definition) is 0. The number of hydrogen-bond acceptors (Lipinski definition) is 6. The summed E-state index contributed by atoms with van der Waals surface area (Å²) in [5.74, 6) is 1.62. The molecule has 0 saturated carbocycles. The molecular formula is C17H25N5O2. The molecule has 0 amide bonds. The SMILES string of the molecule is CCN(CC)c1nc2cc(C)c([N+](=O)[O-])cc2nc1N(CC)CC. The molecule has 0 bridgehead atoms. The second-order valence-electron chi connectivity index (χ2n) is 5.60. The Labute approximate surface area is 142 Å². The van der Waals surface area contributed by atoms with Gasteiger partial charge >= 0.3 is 0 Å². The van der Waals surface area contributed by atoms with E-state index in [1.807, 2.05) is 0 Å². The van der Waals surface area contributed by atoms with Gasteiger partial charge in [0.25, 0.3) is 5.69 Å². The molecule has 1 aromatic carbocycles. The molecule has 0 saturated heterocycles. The molecule has 2 rings (SSSR count). The Hall–Kier alpha value is -2.44. The van der Waals surface area contributed by atoms with Crippen LogP contribution in [0.2, 0.25) is 0 Å². The predicted molar refractivity (Wildman–Crippen MR) is 98.1 cm³/mol. The van der Waals surface area contributed by atoms with Gasteiger partial charge in [-0.3, -0.25) is 10.1 Å². The number of nitrogens with zero attached hydrogens (tertiary/aromatic N) is 5. The normalized spacial score (nSPS) is 10.9. The fourth-order valence-corrected chi connectivity index (χ4v) is 2.84. The summed E-state index contributed by atoms with van der Waals surface area (Å²) >= 11 is 0. The van der Waals surface area contributed by atoms with Crippen LogP contribution in [-0.4, -0.2) is 41.1 Å². The number of aromatic nitrogens is 2. The van der Waals surface area contributed by atoms with Gasteiger partial charge in [0.1, 0.15) is 0 Å². The summed E-state index contributed by atoms with van der Waals surface area (Å²) in [5.41, 5.74) is 1.93. The van der Waals surface area contributed by atoms with Crippen molar-refractivity contribution in [2.75, 3.05) is 36.0 Å². The molecule has 130 valence electrons. The van der Waals surface area contributed by atoms with Gasteiger partial charge in [-0.15, -0.1) is 0 Å². The smallest absolute Gasteiger partial charge is 0.274 e. The average Bonchev–Trinajstić information content (AvgIpc) is 2.56. The average molecular weight is 331 g/mol. The van der Waals surface area contributed by atoms with Crippen molar-refractivity contribution in [2.24, 2.45) is 0 Å². The van der Waals surface area contributed by atoms with E-state index in [1.54, 1.807) is 13.0 Å². The molecule has 0 aliphatic heterocycles. The van der Waals surface area contributed by atoms with Gasteiger partial charge in [0.05, 0.1) is 16.0 Å². The van der Waals surface area contributed by atoms with Crippen LogP contribution < -0.4 is 9.80 Å². The topological polar surface area (TPSA) is 75.4 Å². The Balaban J connectivity index is 2.76. The van der Waals surface area contributed by atoms with E-state index in [9.17, 15) is 10.1 Å². The molecule has 2 aromatic rings. The molecular weight excluding hydrogens is 306 g/mol. The zero-order valence-electron chi connectivity index (χ0n) is 15.0. The van der Waals surface area contributed by atoms with Crippen molar-refractivity contribution in [3.05, 3.63) is 27.8 Å². The van der Waals surface area contributed by atoms with Gasteiger partial charge in [-0.25, -0.2) is 9.97 Å². The molecule has 0 aliphatic carbocycles. The minimum Gasteiger partial charge on any atom is -0.354 e. The van der Waals surface area contributed by atoms with Crippen LogP contribution in [0.5, 0.6) is 0 Å². The van der Waals surface area contributed by atoms with Crippen LogP contribution in [0.15, 0.2) is 12.1 Å². The van der Waals surface area contributed by atoms with Gasteiger partial charge < -0.3 is 9.80 Å². The zero-order valence-corrected chi connectivity index (χ0v) is 15.0. The number of fused-ring (bicyclic) bond motifs is 1. The highest BCUT2D eigenvalue weighted by molar-refractivity contribution is 5.84. The third-order valence-electron chi connectivity index (χ3n) is 4.27. The summed E-state index contributed by atoms with van der Waals surface area (Å²) in [6.07, 6.45) is 0. The first-order chi connectivity index (χ1) is 11.5. The van der Waals surface area contributed by atoms with Gasteiger partial charge in [0.2, 0.25) is 0 Å². The third kappa shape index (κ3) is 3.25. The molecule has 1 aromatic heterocycles. The molecule has 0 spiro atoms. The van der Waals surface area contributed by atoms with Crippen LogP contribution in [0.1, 0.15) is 33.3 Å². The number of aryl methyl sites for hydroxylation is 1. The van der Waals surface area contributed by atoms with Crippen LogP contribution in [0, 0.1) is 17.0 Å². The summed E-state index contributed by atoms with van der Waals surface area (Å²) < 4.78 is 0. The van der Waals surface area contributed by atoms with E-state index in [-0.39, 0.29) is 10.6 Å². The van der Waals surface area contributed by atoms with E-state index < -0.39 is 0 Å². The number of benzene rings is 1. The lowest BCUT2D eigenvalue weighted by molar-refractivity contribution is -0.385. The van der Waals surface area contributed by atoms with E-state index in [2.05, 4.69) is 37.5 Å². The Kier molecular flexibility index (Phi) is 5.54. The standard InChI is InChI=1S/C17H25N5O2/c1-6-20(7-2)16-17(21(8-3)9-4)19-14-11-15(22(23)24)12(5)10-13(14)18-16/h10-11H,6-9H2,1-5H3. The fourth-order valence-electron chi connectivity index (χ4n) is 2.84. The van der Waals surface area contributed by atoms with Crippen LogP contribution in [0.3, 0.4) is 0 Å². The number of nitro groups is 1. The minimum absolute atomic E-state index is 0.0814. The maximum atomic E-state index is 11.2. The third-order valence-corrected chi connectivity index (χ3v) is 4.27. The largest absolute Gasteiger partial charge is 0.354 e. The van der Waals surface area contributed by atoms with Crippen LogP contribution in [0.4, 0.5) is 17.3 Å². The lowest BCUT2D eigenvalue weighted by Crippen LogP contribution is -2.30. The predicted octanol–water partition coefficient (Wildman–Crippen LogP) is 3.54. The van der Waals surface area contributed by atoms with Crippen molar-refractivity contribution >= 4 is 28.4 Å². The lowest BCUT2D eigenvalue weighted by atomic mass is 10.1. The molecule has 0 radical (unpaired) electrons. The van der Waals surface area contributed by atoms with Gasteiger partial charge in [-0.1, -0.05) is 0 Å². The molecule has 0 unspecified atom stereocenters. The van der Waals surface area contributed by atoms with Gasteiger partial charge in [-0.2, -0.15) is 0 Å². The van der Waals surface area contributed by atoms with Gasteiger partial charge in [0.15, 0.2) is 11.6 Å². The Bertz CT molecular complexity index is 739. The Morgan fingerprint density at radius 1 is 0.917 bits per heavy atom. The van der Waals surface area contributed by atoms with Crippen LogP contribution in [0.25, 0.3) is 11.0 Å². The van der Waals surface area contributed by atoms with Gasteiger partial charge in [0, 0.05) is 37.8 Å². The molecule has 7 heteroatoms. The monoisotopic (exact) mass is 331 g/mol. The van der Waals surface area contributed by atoms with Crippen LogP contribution in [-0.2, 0) is 0 Å². The summed E-state index contributed by atoms with van der Waals surface area (Å²) in [6.45, 7) is 13.3. The summed E-state index contributed by atoms with van der Waals surface area (Å²) in [4.78, 5) is 24.7. The maximum Gasteiger partial charge on any atom is 0.274 e. The number of rotatable bonds is 7. The van der Waals surface area contributed by atoms with E-state index >= 15 is 0 Å². The molecule has 1 heterocycles. The summed E-state index contributed by atoms with van der Waals surface area (Å²) in [6, 6.07) is 3.27. The van der Waals surface area contributed by atoms with Crippen molar-refractivity contribution in [3.8, 4) is 0 Å². The first kappa shape index (κ1) is 17.9. The van der Waals surface area contributed by atoms with Gasteiger partial charge in [-0.05, 0) is 40.7 Å². The second kappa shape index (κ2) is 7.42. The molecule has 0 N–H and O–H groups in total. The fraction of sp³-hybridized carbons (Fsp3) is 0.529. The van der Waals surface area contributed by atoms with E-state index in [0.717, 1.165) is 37.8 Å². The Morgan fingerprint density at radius 3 is 1.71 bits per heavy atom. The second-order valence-corrected chi connectivity index (χ2v) is 5.60. The van der Waals surface area contributed by atoms with Crippen molar-refractivity contribution in [2.45, 2.75) is 34.6 Å². The van der Waals surface area contributed by atoms with Crippen molar-refractivity contribution in [1.82, 2.24) is 9.97 Å². The van der Waals surface area contributed by atoms with Crippen LogP contribution >= 0.6 is 0 Å². The number of nitro benzene ring substituents is 1. The molecule has 24 heavy (non-hydrogen) atoms. The molecule has 7 nitrogen and oxygen atoms in total. The zero-order chi connectivity index (χ0) is 17.9. The summed E-state index contributed by atoms with van der Waals surface area (Å²) in [7, 11) is 0. The van der Waals surface area contributed by atoms with E-state index in [0.29, 0.717) is 16.6 Å². The first-order valence-corrected chi connectivity index (χ1v) is 8.43. The van der Waals surface area contributed by atoms with Crippen molar-refractivity contribution < 1.29 is 4.92 Å². The lowest BCUT2D eigenvalue weighted by Gasteiger charge is -2.28. The van der Waals surface area contributed by atoms with E-state index in [1.165, 1.54) is 6.07 Å². The highest BCUT2D eigenvalue weighted by Gasteiger charge is 2.20. The highest BCUT2D eigenvalue weighted by Crippen LogP contribution is 2.31. The molecule has 0 atom stereocenters.